The van der Waals surface area contributed by atoms with E-state index in [1.165, 1.54) is 10.9 Å². The van der Waals surface area contributed by atoms with Gasteiger partial charge in [-0.05, 0) is 36.2 Å². The maximum atomic E-state index is 12.7. The van der Waals surface area contributed by atoms with Gasteiger partial charge in [-0.15, -0.1) is 0 Å². The van der Waals surface area contributed by atoms with Crippen molar-refractivity contribution in [1.82, 2.24) is 20.5 Å². The minimum absolute atomic E-state index is 0.163. The summed E-state index contributed by atoms with van der Waals surface area (Å²) in [6.45, 7) is 1.59. The SMILES string of the molecule is O=C(NCCc1c[nH]c2ccccc12)c1cn[nH]c1-c1ccc2c(c1)OCCO2. The van der Waals surface area contributed by atoms with Gasteiger partial charge in [0, 0.05) is 29.2 Å². The Kier molecular flexibility index (Phi) is 4.40. The van der Waals surface area contributed by atoms with E-state index in [1.807, 2.05) is 42.6 Å². The van der Waals surface area contributed by atoms with Crippen LogP contribution in [0, 0.1) is 0 Å². The molecule has 7 nitrogen and oxygen atoms in total. The van der Waals surface area contributed by atoms with E-state index in [0.717, 1.165) is 17.5 Å². The van der Waals surface area contributed by atoms with E-state index < -0.39 is 0 Å². The van der Waals surface area contributed by atoms with Crippen LogP contribution in [0.15, 0.2) is 54.9 Å². The van der Waals surface area contributed by atoms with Gasteiger partial charge >= 0.3 is 0 Å². The number of amides is 1. The van der Waals surface area contributed by atoms with Crippen LogP contribution in [0.2, 0.25) is 0 Å². The van der Waals surface area contributed by atoms with Crippen molar-refractivity contribution in [3.63, 3.8) is 0 Å². The summed E-state index contributed by atoms with van der Waals surface area (Å²) < 4.78 is 11.2. The number of fused-ring (bicyclic) bond motifs is 2. The lowest BCUT2D eigenvalue weighted by molar-refractivity contribution is 0.0955. The van der Waals surface area contributed by atoms with Crippen molar-refractivity contribution in [3.05, 3.63) is 66.0 Å². The minimum atomic E-state index is -0.163. The average molecular weight is 388 g/mol. The quantitative estimate of drug-likeness (QED) is 0.489. The monoisotopic (exact) mass is 388 g/mol. The van der Waals surface area contributed by atoms with E-state index in [2.05, 4.69) is 26.6 Å². The van der Waals surface area contributed by atoms with E-state index >= 15 is 0 Å². The summed E-state index contributed by atoms with van der Waals surface area (Å²) >= 11 is 0. The summed E-state index contributed by atoms with van der Waals surface area (Å²) in [4.78, 5) is 16.0. The number of benzene rings is 2. The number of rotatable bonds is 5. The lowest BCUT2D eigenvalue weighted by Gasteiger charge is -2.18. The van der Waals surface area contributed by atoms with Crippen molar-refractivity contribution < 1.29 is 14.3 Å². The second-order valence-corrected chi connectivity index (χ2v) is 6.88. The molecule has 5 rings (SSSR count). The molecule has 2 aromatic carbocycles. The van der Waals surface area contributed by atoms with Crippen LogP contribution in [0.5, 0.6) is 11.5 Å². The van der Waals surface area contributed by atoms with Crippen LogP contribution >= 0.6 is 0 Å². The predicted octanol–water partition coefficient (Wildman–Crippen LogP) is 3.30. The Morgan fingerprint density at radius 2 is 1.97 bits per heavy atom. The van der Waals surface area contributed by atoms with E-state index in [-0.39, 0.29) is 5.91 Å². The maximum Gasteiger partial charge on any atom is 0.255 e. The van der Waals surface area contributed by atoms with E-state index in [4.69, 9.17) is 9.47 Å². The highest BCUT2D eigenvalue weighted by atomic mass is 16.6. The van der Waals surface area contributed by atoms with Gasteiger partial charge in [-0.3, -0.25) is 9.89 Å². The highest BCUT2D eigenvalue weighted by Crippen LogP contribution is 2.34. The number of carbonyl (C=O) groups excluding carboxylic acids is 1. The van der Waals surface area contributed by atoms with Crippen LogP contribution in [0.4, 0.5) is 0 Å². The van der Waals surface area contributed by atoms with Crippen LogP contribution in [-0.4, -0.2) is 40.8 Å². The molecule has 0 atom stereocenters. The van der Waals surface area contributed by atoms with Gasteiger partial charge in [0.15, 0.2) is 11.5 Å². The van der Waals surface area contributed by atoms with Crippen molar-refractivity contribution in [3.8, 4) is 22.8 Å². The summed E-state index contributed by atoms with van der Waals surface area (Å²) in [6.07, 6.45) is 4.29. The van der Waals surface area contributed by atoms with Gasteiger partial charge < -0.3 is 19.8 Å². The minimum Gasteiger partial charge on any atom is -0.486 e. The molecule has 0 fully saturated rings. The van der Waals surface area contributed by atoms with Crippen molar-refractivity contribution in [2.75, 3.05) is 19.8 Å². The molecule has 0 saturated heterocycles. The van der Waals surface area contributed by atoms with Gasteiger partial charge in [0.1, 0.15) is 13.2 Å². The molecule has 1 aliphatic heterocycles. The predicted molar refractivity (Wildman–Crippen MR) is 109 cm³/mol. The zero-order valence-electron chi connectivity index (χ0n) is 15.7. The zero-order chi connectivity index (χ0) is 19.6. The number of para-hydroxylation sites is 1. The van der Waals surface area contributed by atoms with Crippen molar-refractivity contribution in [2.45, 2.75) is 6.42 Å². The summed E-state index contributed by atoms with van der Waals surface area (Å²) in [7, 11) is 0. The maximum absolute atomic E-state index is 12.7. The fraction of sp³-hybridized carbons (Fsp3) is 0.182. The molecule has 0 saturated carbocycles. The number of ether oxygens (including phenoxy) is 2. The number of carbonyl (C=O) groups is 1. The largest absolute Gasteiger partial charge is 0.486 e. The highest BCUT2D eigenvalue weighted by molar-refractivity contribution is 5.99. The lowest BCUT2D eigenvalue weighted by atomic mass is 10.1. The highest BCUT2D eigenvalue weighted by Gasteiger charge is 2.18. The molecule has 0 aliphatic carbocycles. The van der Waals surface area contributed by atoms with E-state index in [1.54, 1.807) is 6.20 Å². The van der Waals surface area contributed by atoms with Crippen LogP contribution in [0.25, 0.3) is 22.2 Å². The average Bonchev–Trinajstić information content (AvgIpc) is 3.41. The Bertz CT molecular complexity index is 1180. The van der Waals surface area contributed by atoms with Gasteiger partial charge in [0.2, 0.25) is 0 Å². The van der Waals surface area contributed by atoms with Gasteiger partial charge in [0.05, 0.1) is 17.5 Å². The van der Waals surface area contributed by atoms with Crippen LogP contribution < -0.4 is 14.8 Å². The smallest absolute Gasteiger partial charge is 0.255 e. The molecule has 0 radical (unpaired) electrons. The lowest BCUT2D eigenvalue weighted by Crippen LogP contribution is -2.25. The molecule has 7 heteroatoms. The molecule has 0 bridgehead atoms. The normalized spacial score (nSPS) is 12.8. The van der Waals surface area contributed by atoms with Gasteiger partial charge in [-0.25, -0.2) is 0 Å². The standard InChI is InChI=1S/C22H20N4O3/c27-22(23-8-7-15-12-24-18-4-2-1-3-16(15)18)17-13-25-26-21(17)14-5-6-19-20(11-14)29-10-9-28-19/h1-6,11-13,24H,7-10H2,(H,23,27)(H,25,26). The fourth-order valence-electron chi connectivity index (χ4n) is 3.62. The summed E-state index contributed by atoms with van der Waals surface area (Å²) in [5.74, 6) is 1.22. The first-order valence-electron chi connectivity index (χ1n) is 9.56. The van der Waals surface area contributed by atoms with E-state index in [0.29, 0.717) is 42.5 Å². The number of hydrogen-bond donors (Lipinski definition) is 3. The number of nitrogens with zero attached hydrogens (tertiary/aromatic N) is 1. The first-order chi connectivity index (χ1) is 14.3. The molecule has 4 aromatic rings. The topological polar surface area (TPSA) is 92.0 Å². The molecule has 29 heavy (non-hydrogen) atoms. The van der Waals surface area contributed by atoms with Gasteiger partial charge in [-0.2, -0.15) is 5.10 Å². The molecule has 2 aromatic heterocycles. The third-order valence-electron chi connectivity index (χ3n) is 5.07. The molecule has 1 aliphatic rings. The van der Waals surface area contributed by atoms with Crippen LogP contribution in [0.3, 0.4) is 0 Å². The van der Waals surface area contributed by atoms with Crippen LogP contribution in [0.1, 0.15) is 15.9 Å². The number of aromatic amines is 2. The first kappa shape index (κ1) is 17.4. The summed E-state index contributed by atoms with van der Waals surface area (Å²) in [5.41, 5.74) is 4.27. The molecule has 3 N–H and O–H groups in total. The number of hydrogen-bond acceptors (Lipinski definition) is 4. The number of nitrogens with one attached hydrogen (secondary N) is 3. The fourth-order valence-corrected chi connectivity index (χ4v) is 3.62. The van der Waals surface area contributed by atoms with Crippen molar-refractivity contribution >= 4 is 16.8 Å². The molecule has 1 amide bonds. The zero-order valence-corrected chi connectivity index (χ0v) is 15.7. The molecule has 3 heterocycles. The number of H-pyrrole nitrogens is 2. The van der Waals surface area contributed by atoms with E-state index in [9.17, 15) is 4.79 Å². The Balaban J connectivity index is 1.29. The Labute approximate surface area is 167 Å². The van der Waals surface area contributed by atoms with Crippen molar-refractivity contribution in [1.29, 1.82) is 0 Å². The Hall–Kier alpha value is -3.74. The summed E-state index contributed by atoms with van der Waals surface area (Å²) in [5, 5.41) is 11.2. The molecular weight excluding hydrogens is 368 g/mol. The number of aromatic nitrogens is 3. The first-order valence-corrected chi connectivity index (χ1v) is 9.56. The van der Waals surface area contributed by atoms with Gasteiger partial charge in [-0.1, -0.05) is 18.2 Å². The summed E-state index contributed by atoms with van der Waals surface area (Å²) in [6, 6.07) is 13.8. The van der Waals surface area contributed by atoms with Crippen molar-refractivity contribution in [2.24, 2.45) is 0 Å². The Morgan fingerprint density at radius 1 is 1.10 bits per heavy atom. The third kappa shape index (κ3) is 3.31. The molecule has 0 spiro atoms. The molecular formula is C22H20N4O3. The van der Waals surface area contributed by atoms with Gasteiger partial charge in [0.25, 0.3) is 5.91 Å². The second-order valence-electron chi connectivity index (χ2n) is 6.88. The Morgan fingerprint density at radius 3 is 2.90 bits per heavy atom. The van der Waals surface area contributed by atoms with Crippen LogP contribution in [-0.2, 0) is 6.42 Å². The molecule has 146 valence electrons. The second kappa shape index (κ2) is 7.35. The third-order valence-corrected chi connectivity index (χ3v) is 5.07. The molecule has 0 unspecified atom stereocenters.